The van der Waals surface area contributed by atoms with Crippen LogP contribution in [-0.2, 0) is 0 Å². The van der Waals surface area contributed by atoms with Crippen molar-refractivity contribution < 1.29 is 4.74 Å². The third-order valence-corrected chi connectivity index (χ3v) is 2.46. The van der Waals surface area contributed by atoms with Crippen molar-refractivity contribution in [1.29, 1.82) is 0 Å². The maximum Gasteiger partial charge on any atom is 0.120 e. The highest BCUT2D eigenvalue weighted by atomic mass is 35.5. The summed E-state index contributed by atoms with van der Waals surface area (Å²) >= 11 is 6.13. The van der Waals surface area contributed by atoms with E-state index in [4.69, 9.17) is 16.3 Å². The fraction of sp³-hybridized carbons (Fsp3) is 0.0833. The Morgan fingerprint density at radius 1 is 1.27 bits per heavy atom. The van der Waals surface area contributed by atoms with Crippen molar-refractivity contribution in [3.63, 3.8) is 0 Å². The molecule has 0 spiro atoms. The van der Waals surface area contributed by atoms with Crippen LogP contribution in [0.25, 0.3) is 11.1 Å². The molecule has 2 aromatic rings. The fourth-order valence-corrected chi connectivity index (χ4v) is 1.66. The van der Waals surface area contributed by atoms with Crippen LogP contribution in [-0.4, -0.2) is 12.1 Å². The number of hydrogen-bond donors (Lipinski definition) is 0. The molecular weight excluding hydrogens is 210 g/mol. The summed E-state index contributed by atoms with van der Waals surface area (Å²) in [5.74, 6) is 0.757. The van der Waals surface area contributed by atoms with Crippen molar-refractivity contribution in [2.75, 3.05) is 7.11 Å². The van der Waals surface area contributed by atoms with E-state index in [0.717, 1.165) is 16.9 Å². The van der Waals surface area contributed by atoms with Crippen molar-refractivity contribution in [1.82, 2.24) is 4.98 Å². The van der Waals surface area contributed by atoms with E-state index in [1.54, 1.807) is 25.6 Å². The maximum atomic E-state index is 6.13. The van der Waals surface area contributed by atoms with E-state index in [1.807, 2.05) is 24.3 Å². The van der Waals surface area contributed by atoms with Crippen LogP contribution >= 0.6 is 11.6 Å². The summed E-state index contributed by atoms with van der Waals surface area (Å²) in [5.41, 5.74) is 1.97. The Morgan fingerprint density at radius 2 is 2.13 bits per heavy atom. The summed E-state index contributed by atoms with van der Waals surface area (Å²) in [6.07, 6.45) is 3.52. The van der Waals surface area contributed by atoms with Gasteiger partial charge >= 0.3 is 0 Å². The Bertz CT molecular complexity index is 456. The highest BCUT2D eigenvalue weighted by molar-refractivity contribution is 6.33. The van der Waals surface area contributed by atoms with E-state index < -0.39 is 0 Å². The van der Waals surface area contributed by atoms with E-state index in [0.29, 0.717) is 5.02 Å². The maximum absolute atomic E-state index is 6.13. The Kier molecular flexibility index (Phi) is 2.88. The number of rotatable bonds is 2. The average molecular weight is 220 g/mol. The molecule has 3 heteroatoms. The summed E-state index contributed by atoms with van der Waals surface area (Å²) in [4.78, 5) is 4.05. The lowest BCUT2D eigenvalue weighted by molar-refractivity contribution is 0.415. The van der Waals surface area contributed by atoms with Crippen LogP contribution in [0.1, 0.15) is 0 Å². The first kappa shape index (κ1) is 9.99. The zero-order valence-electron chi connectivity index (χ0n) is 8.27. The predicted molar refractivity (Wildman–Crippen MR) is 61.2 cm³/mol. The molecule has 1 aromatic carbocycles. The van der Waals surface area contributed by atoms with Crippen LogP contribution < -0.4 is 4.74 Å². The molecule has 0 aliphatic rings. The van der Waals surface area contributed by atoms with Gasteiger partial charge in [-0.2, -0.15) is 0 Å². The van der Waals surface area contributed by atoms with Crippen LogP contribution in [0.5, 0.6) is 5.75 Å². The second-order valence-electron chi connectivity index (χ2n) is 3.09. The van der Waals surface area contributed by atoms with Crippen LogP contribution in [0.4, 0.5) is 0 Å². The minimum absolute atomic E-state index is 0.669. The van der Waals surface area contributed by atoms with Gasteiger partial charge in [-0.15, -0.1) is 0 Å². The second kappa shape index (κ2) is 4.32. The van der Waals surface area contributed by atoms with Gasteiger partial charge in [-0.3, -0.25) is 4.98 Å². The minimum atomic E-state index is 0.669. The monoisotopic (exact) mass is 219 g/mol. The summed E-state index contributed by atoms with van der Waals surface area (Å²) in [7, 11) is 1.62. The lowest BCUT2D eigenvalue weighted by Crippen LogP contribution is -1.85. The van der Waals surface area contributed by atoms with Crippen molar-refractivity contribution in [3.05, 3.63) is 47.7 Å². The first-order valence-corrected chi connectivity index (χ1v) is 4.93. The molecule has 1 heterocycles. The smallest absolute Gasteiger partial charge is 0.120 e. The lowest BCUT2D eigenvalue weighted by Gasteiger charge is -2.05. The molecular formula is C12H10ClNO. The van der Waals surface area contributed by atoms with Crippen molar-refractivity contribution in [2.24, 2.45) is 0 Å². The standard InChI is InChI=1S/C12H10ClNO/c1-15-10-4-5-11(12(13)7-10)9-3-2-6-14-8-9/h2-8H,1H3. The van der Waals surface area contributed by atoms with E-state index >= 15 is 0 Å². The third kappa shape index (κ3) is 2.10. The number of halogens is 1. The normalized spacial score (nSPS) is 10.0. The first-order chi connectivity index (χ1) is 7.31. The van der Waals surface area contributed by atoms with Gasteiger partial charge in [0.25, 0.3) is 0 Å². The number of ether oxygens (including phenoxy) is 1. The summed E-state index contributed by atoms with van der Waals surface area (Å²) in [6, 6.07) is 9.47. The molecule has 0 fully saturated rings. The van der Waals surface area contributed by atoms with E-state index in [9.17, 15) is 0 Å². The van der Waals surface area contributed by atoms with E-state index in [1.165, 1.54) is 0 Å². The van der Waals surface area contributed by atoms with Crippen molar-refractivity contribution >= 4 is 11.6 Å². The molecule has 0 aliphatic heterocycles. The van der Waals surface area contributed by atoms with Gasteiger partial charge in [0, 0.05) is 23.5 Å². The Morgan fingerprint density at radius 3 is 2.73 bits per heavy atom. The largest absolute Gasteiger partial charge is 0.497 e. The highest BCUT2D eigenvalue weighted by Gasteiger charge is 2.04. The molecule has 0 radical (unpaired) electrons. The topological polar surface area (TPSA) is 22.1 Å². The number of aromatic nitrogens is 1. The van der Waals surface area contributed by atoms with Crippen molar-refractivity contribution in [2.45, 2.75) is 0 Å². The molecule has 0 unspecified atom stereocenters. The number of nitrogens with zero attached hydrogens (tertiary/aromatic N) is 1. The van der Waals surface area contributed by atoms with Crippen LogP contribution in [0.3, 0.4) is 0 Å². The summed E-state index contributed by atoms with van der Waals surface area (Å²) in [6.45, 7) is 0. The zero-order chi connectivity index (χ0) is 10.7. The molecule has 2 rings (SSSR count). The Balaban J connectivity index is 2.46. The molecule has 15 heavy (non-hydrogen) atoms. The fourth-order valence-electron chi connectivity index (χ4n) is 1.38. The van der Waals surface area contributed by atoms with Crippen LogP contribution in [0.15, 0.2) is 42.7 Å². The molecule has 0 bridgehead atoms. The molecule has 0 saturated heterocycles. The number of pyridine rings is 1. The van der Waals surface area contributed by atoms with Gasteiger partial charge in [-0.05, 0) is 24.3 Å². The van der Waals surface area contributed by atoms with Crippen LogP contribution in [0, 0.1) is 0 Å². The van der Waals surface area contributed by atoms with Crippen LogP contribution in [0.2, 0.25) is 5.02 Å². The van der Waals surface area contributed by atoms with Gasteiger partial charge in [-0.1, -0.05) is 17.7 Å². The molecule has 1 aromatic heterocycles. The number of hydrogen-bond acceptors (Lipinski definition) is 2. The van der Waals surface area contributed by atoms with E-state index in [2.05, 4.69) is 4.98 Å². The predicted octanol–water partition coefficient (Wildman–Crippen LogP) is 3.41. The molecule has 2 nitrogen and oxygen atoms in total. The molecule has 0 N–H and O–H groups in total. The van der Waals surface area contributed by atoms with E-state index in [-0.39, 0.29) is 0 Å². The summed E-state index contributed by atoms with van der Waals surface area (Å²) in [5, 5.41) is 0.669. The van der Waals surface area contributed by atoms with Crippen molar-refractivity contribution in [3.8, 4) is 16.9 Å². The zero-order valence-corrected chi connectivity index (χ0v) is 9.03. The molecule has 0 aliphatic carbocycles. The molecule has 0 saturated carbocycles. The molecule has 0 atom stereocenters. The van der Waals surface area contributed by atoms with Gasteiger partial charge in [-0.25, -0.2) is 0 Å². The third-order valence-electron chi connectivity index (χ3n) is 2.15. The molecule has 0 amide bonds. The Labute approximate surface area is 93.5 Å². The number of benzene rings is 1. The SMILES string of the molecule is COc1ccc(-c2cccnc2)c(Cl)c1. The van der Waals surface area contributed by atoms with Gasteiger partial charge in [0.15, 0.2) is 0 Å². The quantitative estimate of drug-likeness (QED) is 0.772. The minimum Gasteiger partial charge on any atom is -0.497 e. The highest BCUT2D eigenvalue weighted by Crippen LogP contribution is 2.30. The van der Waals surface area contributed by atoms with Gasteiger partial charge in [0.05, 0.1) is 12.1 Å². The second-order valence-corrected chi connectivity index (χ2v) is 3.49. The van der Waals surface area contributed by atoms with Gasteiger partial charge < -0.3 is 4.74 Å². The lowest BCUT2D eigenvalue weighted by atomic mass is 10.1. The average Bonchev–Trinajstić information content (AvgIpc) is 2.30. The summed E-state index contributed by atoms with van der Waals surface area (Å²) < 4.78 is 5.09. The van der Waals surface area contributed by atoms with Gasteiger partial charge in [0.2, 0.25) is 0 Å². The molecule has 76 valence electrons. The van der Waals surface area contributed by atoms with Gasteiger partial charge in [0.1, 0.15) is 5.75 Å². The Hall–Kier alpha value is -1.54. The number of methoxy groups -OCH3 is 1. The first-order valence-electron chi connectivity index (χ1n) is 4.55.